The number of carbonyl (C=O) groups is 1. The lowest BCUT2D eigenvalue weighted by molar-refractivity contribution is 0.0607. The SMILES string of the molecule is Cc1cnc(C2(C/C=C/CN3CCC(N4Cc5ccccc5C4=O)CC3)c3ccccc3-c3ccccc32)s1. The molecule has 196 valence electrons. The molecule has 0 N–H and O–H groups in total. The molecule has 0 spiro atoms. The maximum atomic E-state index is 12.9. The standard InChI is InChI=1S/C34H33N3OS/c1-24-22-35-33(39-24)34(30-14-6-4-12-28(30)29-13-5-7-15-31(29)34)18-8-9-19-36-20-16-26(17-21-36)37-23-25-10-2-3-11-27(25)32(37)38/h2-15,22,26H,16-21,23H2,1H3/b9-8+. The fourth-order valence-electron chi connectivity index (χ4n) is 6.88. The zero-order valence-corrected chi connectivity index (χ0v) is 23.2. The number of nitrogens with zero attached hydrogens (tertiary/aromatic N) is 3. The van der Waals surface area contributed by atoms with Crippen molar-refractivity contribution >= 4 is 17.2 Å². The van der Waals surface area contributed by atoms with Crippen molar-refractivity contribution in [2.45, 2.75) is 44.2 Å². The molecule has 0 unspecified atom stereocenters. The van der Waals surface area contributed by atoms with Crippen molar-refractivity contribution in [3.8, 4) is 11.1 Å². The van der Waals surface area contributed by atoms with Crippen molar-refractivity contribution in [2.24, 2.45) is 0 Å². The number of fused-ring (bicyclic) bond motifs is 4. The molecule has 39 heavy (non-hydrogen) atoms. The number of carbonyl (C=O) groups excluding carboxylic acids is 1. The largest absolute Gasteiger partial charge is 0.331 e. The van der Waals surface area contributed by atoms with Gasteiger partial charge in [0.05, 0.1) is 5.41 Å². The molecule has 5 heteroatoms. The van der Waals surface area contributed by atoms with Crippen LogP contribution in [-0.2, 0) is 12.0 Å². The van der Waals surface area contributed by atoms with E-state index in [-0.39, 0.29) is 11.3 Å². The molecule has 4 aromatic rings. The van der Waals surface area contributed by atoms with Gasteiger partial charge in [-0.15, -0.1) is 11.3 Å². The van der Waals surface area contributed by atoms with Crippen molar-refractivity contribution in [2.75, 3.05) is 19.6 Å². The number of amides is 1. The Morgan fingerprint density at radius 3 is 2.18 bits per heavy atom. The minimum Gasteiger partial charge on any atom is -0.331 e. The van der Waals surface area contributed by atoms with Crippen molar-refractivity contribution < 1.29 is 4.79 Å². The summed E-state index contributed by atoms with van der Waals surface area (Å²) < 4.78 is 0. The fraction of sp³-hybridized carbons (Fsp3) is 0.294. The predicted molar refractivity (Wildman–Crippen MR) is 158 cm³/mol. The van der Waals surface area contributed by atoms with Gasteiger partial charge in [0.15, 0.2) is 0 Å². The monoisotopic (exact) mass is 531 g/mol. The third-order valence-electron chi connectivity index (χ3n) is 8.85. The third kappa shape index (κ3) is 4.07. The van der Waals surface area contributed by atoms with E-state index in [2.05, 4.69) is 83.5 Å². The molecule has 3 heterocycles. The quantitative estimate of drug-likeness (QED) is 0.256. The van der Waals surface area contributed by atoms with Crippen LogP contribution in [0, 0.1) is 6.92 Å². The molecule has 3 aliphatic rings. The fourth-order valence-corrected chi connectivity index (χ4v) is 7.88. The van der Waals surface area contributed by atoms with Crippen LogP contribution in [0.15, 0.2) is 91.1 Å². The maximum Gasteiger partial charge on any atom is 0.254 e. The number of hydrogen-bond donors (Lipinski definition) is 0. The number of thiazole rings is 1. The van der Waals surface area contributed by atoms with Crippen LogP contribution < -0.4 is 0 Å². The van der Waals surface area contributed by atoms with Crippen molar-refractivity contribution in [3.05, 3.63) is 123 Å². The average Bonchev–Trinajstić information content (AvgIpc) is 3.65. The van der Waals surface area contributed by atoms with Crippen LogP contribution in [0.25, 0.3) is 11.1 Å². The Hall–Kier alpha value is -3.54. The van der Waals surface area contributed by atoms with Crippen LogP contribution in [0.2, 0.25) is 0 Å². The van der Waals surface area contributed by atoms with E-state index in [1.54, 1.807) is 0 Å². The molecule has 3 aromatic carbocycles. The lowest BCUT2D eigenvalue weighted by atomic mass is 9.75. The summed E-state index contributed by atoms with van der Waals surface area (Å²) in [4.78, 5) is 23.8. The summed E-state index contributed by atoms with van der Waals surface area (Å²) in [5.41, 5.74) is 7.20. The second-order valence-corrected chi connectivity index (χ2v) is 12.3. The minimum absolute atomic E-state index is 0.212. The van der Waals surface area contributed by atoms with Gasteiger partial charge < -0.3 is 4.90 Å². The summed E-state index contributed by atoms with van der Waals surface area (Å²) in [7, 11) is 0. The van der Waals surface area contributed by atoms with E-state index in [9.17, 15) is 4.79 Å². The first-order valence-electron chi connectivity index (χ1n) is 14.0. The van der Waals surface area contributed by atoms with Crippen LogP contribution in [0.4, 0.5) is 0 Å². The Balaban J connectivity index is 1.06. The van der Waals surface area contributed by atoms with E-state index in [0.29, 0.717) is 6.04 Å². The van der Waals surface area contributed by atoms with Gasteiger partial charge >= 0.3 is 0 Å². The highest BCUT2D eigenvalue weighted by molar-refractivity contribution is 7.11. The molecular formula is C34H33N3OS. The lowest BCUT2D eigenvalue weighted by Crippen LogP contribution is -2.45. The summed E-state index contributed by atoms with van der Waals surface area (Å²) in [5, 5.41) is 1.18. The summed E-state index contributed by atoms with van der Waals surface area (Å²) in [6, 6.07) is 26.1. The molecule has 1 fully saturated rings. The van der Waals surface area contributed by atoms with Gasteiger partial charge in [-0.1, -0.05) is 78.9 Å². The van der Waals surface area contributed by atoms with Gasteiger partial charge in [0.2, 0.25) is 0 Å². The van der Waals surface area contributed by atoms with Crippen LogP contribution in [0.3, 0.4) is 0 Å². The smallest absolute Gasteiger partial charge is 0.254 e. The zero-order valence-electron chi connectivity index (χ0n) is 22.3. The highest BCUT2D eigenvalue weighted by atomic mass is 32.1. The van der Waals surface area contributed by atoms with Crippen LogP contribution in [0.1, 0.15) is 56.2 Å². The normalized spacial score (nSPS) is 18.5. The molecule has 0 radical (unpaired) electrons. The van der Waals surface area contributed by atoms with E-state index in [1.165, 1.54) is 37.7 Å². The first-order chi connectivity index (χ1) is 19.1. The molecule has 1 saturated heterocycles. The summed E-state index contributed by atoms with van der Waals surface area (Å²) >= 11 is 1.82. The van der Waals surface area contributed by atoms with Gasteiger partial charge in [-0.25, -0.2) is 4.98 Å². The van der Waals surface area contributed by atoms with Gasteiger partial charge in [0.25, 0.3) is 5.91 Å². The number of rotatable bonds is 6. The molecule has 2 aliphatic heterocycles. The molecule has 7 rings (SSSR count). The van der Waals surface area contributed by atoms with Crippen molar-refractivity contribution in [1.29, 1.82) is 0 Å². The lowest BCUT2D eigenvalue weighted by Gasteiger charge is -2.36. The second kappa shape index (κ2) is 9.89. The topological polar surface area (TPSA) is 36.4 Å². The van der Waals surface area contributed by atoms with Gasteiger partial charge in [0, 0.05) is 48.9 Å². The molecule has 0 atom stereocenters. The summed E-state index contributed by atoms with van der Waals surface area (Å²) in [5.74, 6) is 0.212. The number of benzene rings is 3. The Morgan fingerprint density at radius 1 is 0.897 bits per heavy atom. The molecule has 1 aliphatic carbocycles. The van der Waals surface area contributed by atoms with Gasteiger partial charge in [-0.05, 0) is 60.1 Å². The Morgan fingerprint density at radius 2 is 1.54 bits per heavy atom. The van der Waals surface area contributed by atoms with Gasteiger partial charge in [-0.3, -0.25) is 9.69 Å². The van der Waals surface area contributed by atoms with E-state index in [1.807, 2.05) is 35.7 Å². The highest BCUT2D eigenvalue weighted by Crippen LogP contribution is 2.55. The predicted octanol–water partition coefficient (Wildman–Crippen LogP) is 6.83. The molecule has 0 saturated carbocycles. The number of allylic oxidation sites excluding steroid dienone is 1. The molecule has 1 aromatic heterocycles. The molecule has 1 amide bonds. The first-order valence-corrected chi connectivity index (χ1v) is 14.9. The molecule has 4 nitrogen and oxygen atoms in total. The highest BCUT2D eigenvalue weighted by Gasteiger charge is 2.45. The maximum absolute atomic E-state index is 12.9. The number of aromatic nitrogens is 1. The van der Waals surface area contributed by atoms with Crippen molar-refractivity contribution in [1.82, 2.24) is 14.8 Å². The number of aryl methyl sites for hydroxylation is 1. The van der Waals surface area contributed by atoms with Crippen LogP contribution >= 0.6 is 11.3 Å². The summed E-state index contributed by atoms with van der Waals surface area (Å²) in [6.45, 7) is 5.91. The number of hydrogen-bond acceptors (Lipinski definition) is 4. The number of likely N-dealkylation sites (tertiary alicyclic amines) is 1. The van der Waals surface area contributed by atoms with Crippen molar-refractivity contribution in [3.63, 3.8) is 0 Å². The van der Waals surface area contributed by atoms with E-state index >= 15 is 0 Å². The van der Waals surface area contributed by atoms with Crippen LogP contribution in [0.5, 0.6) is 0 Å². The number of piperidine rings is 1. The van der Waals surface area contributed by atoms with Crippen LogP contribution in [-0.4, -0.2) is 46.4 Å². The van der Waals surface area contributed by atoms with E-state index in [4.69, 9.17) is 4.98 Å². The molecular weight excluding hydrogens is 498 g/mol. The van der Waals surface area contributed by atoms with E-state index < -0.39 is 0 Å². The summed E-state index contributed by atoms with van der Waals surface area (Å²) in [6.07, 6.45) is 9.71. The van der Waals surface area contributed by atoms with Gasteiger partial charge in [-0.2, -0.15) is 0 Å². The van der Waals surface area contributed by atoms with E-state index in [0.717, 1.165) is 51.0 Å². The minimum atomic E-state index is -0.249. The second-order valence-electron chi connectivity index (χ2n) is 11.1. The Labute approximate surface area is 234 Å². The first kappa shape index (κ1) is 24.5. The molecule has 0 bridgehead atoms. The third-order valence-corrected chi connectivity index (χ3v) is 9.93. The Bertz CT molecular complexity index is 1520. The Kier molecular flexibility index (Phi) is 6.21. The zero-order chi connectivity index (χ0) is 26.4. The van der Waals surface area contributed by atoms with Gasteiger partial charge in [0.1, 0.15) is 5.01 Å². The average molecular weight is 532 g/mol.